The van der Waals surface area contributed by atoms with Gasteiger partial charge in [0.25, 0.3) is 5.91 Å². The number of methoxy groups -OCH3 is 1. The van der Waals surface area contributed by atoms with Gasteiger partial charge in [0.15, 0.2) is 5.60 Å². The van der Waals surface area contributed by atoms with E-state index in [-0.39, 0.29) is 23.4 Å². The van der Waals surface area contributed by atoms with Gasteiger partial charge in [0.2, 0.25) is 0 Å². The lowest BCUT2D eigenvalue weighted by Gasteiger charge is -2.32. The fraction of sp³-hybridized carbons (Fsp3) is 0.526. The Hall–Kier alpha value is -2.28. The Morgan fingerprint density at radius 1 is 1.38 bits per heavy atom. The van der Waals surface area contributed by atoms with Crippen LogP contribution in [-0.2, 0) is 28.1 Å². The van der Waals surface area contributed by atoms with Crippen molar-refractivity contribution < 1.29 is 13.9 Å². The second-order valence-corrected chi connectivity index (χ2v) is 7.17. The summed E-state index contributed by atoms with van der Waals surface area (Å²) in [6.45, 7) is 6.34. The number of ether oxygens (including phenoxy) is 1. The van der Waals surface area contributed by atoms with Gasteiger partial charge >= 0.3 is 0 Å². The van der Waals surface area contributed by atoms with Crippen molar-refractivity contribution in [1.82, 2.24) is 20.1 Å². The van der Waals surface area contributed by atoms with Crippen molar-refractivity contribution in [1.29, 1.82) is 0 Å². The molecular formula is C19H25FN4O2. The zero-order valence-corrected chi connectivity index (χ0v) is 15.6. The minimum atomic E-state index is -1.39. The largest absolute Gasteiger partial charge is 0.364 e. The summed E-state index contributed by atoms with van der Waals surface area (Å²) in [7, 11) is 1.42. The molecule has 1 aromatic heterocycles. The number of benzene rings is 1. The lowest BCUT2D eigenvalue weighted by Crippen LogP contribution is -2.50. The number of nitrogens with one attached hydrogen (secondary N) is 1. The molecule has 2 aromatic rings. The second-order valence-electron chi connectivity index (χ2n) is 7.17. The van der Waals surface area contributed by atoms with Crippen LogP contribution in [0.2, 0.25) is 0 Å². The zero-order valence-electron chi connectivity index (χ0n) is 15.6. The average molecular weight is 360 g/mol. The molecule has 0 radical (unpaired) electrons. The molecule has 6 nitrogen and oxygen atoms in total. The van der Waals surface area contributed by atoms with Crippen LogP contribution in [0.5, 0.6) is 0 Å². The topological polar surface area (TPSA) is 69.0 Å². The van der Waals surface area contributed by atoms with Crippen LogP contribution in [-0.4, -0.2) is 33.8 Å². The normalized spacial score (nSPS) is 19.1. The van der Waals surface area contributed by atoms with Crippen LogP contribution in [0.1, 0.15) is 50.3 Å². The summed E-state index contributed by atoms with van der Waals surface area (Å²) < 4.78 is 21.7. The molecule has 1 aliphatic rings. The molecule has 2 atom stereocenters. The van der Waals surface area contributed by atoms with E-state index < -0.39 is 11.4 Å². The van der Waals surface area contributed by atoms with Crippen LogP contribution >= 0.6 is 0 Å². The van der Waals surface area contributed by atoms with Crippen molar-refractivity contribution in [3.8, 4) is 0 Å². The summed E-state index contributed by atoms with van der Waals surface area (Å²) in [5.41, 5.74) is -1.16. The first-order valence-corrected chi connectivity index (χ1v) is 8.90. The van der Waals surface area contributed by atoms with Crippen LogP contribution in [0.25, 0.3) is 0 Å². The highest BCUT2D eigenvalue weighted by Gasteiger charge is 2.39. The van der Waals surface area contributed by atoms with Crippen LogP contribution in [0.15, 0.2) is 24.3 Å². The van der Waals surface area contributed by atoms with Gasteiger partial charge < -0.3 is 14.6 Å². The van der Waals surface area contributed by atoms with Crippen molar-refractivity contribution in [2.75, 3.05) is 7.11 Å². The molecule has 0 saturated heterocycles. The van der Waals surface area contributed by atoms with E-state index in [1.807, 2.05) is 0 Å². The average Bonchev–Trinajstić information content (AvgIpc) is 3.05. The monoisotopic (exact) mass is 360 g/mol. The number of aromatic nitrogens is 3. The van der Waals surface area contributed by atoms with Crippen LogP contribution in [0.4, 0.5) is 4.39 Å². The number of nitrogens with zero attached hydrogens (tertiary/aromatic N) is 3. The Balaban J connectivity index is 1.79. The lowest BCUT2D eigenvalue weighted by molar-refractivity contribution is -0.144. The summed E-state index contributed by atoms with van der Waals surface area (Å²) in [6, 6.07) is 6.12. The zero-order chi connectivity index (χ0) is 18.9. The molecule has 3 rings (SSSR count). The van der Waals surface area contributed by atoms with Crippen LogP contribution < -0.4 is 5.32 Å². The maximum Gasteiger partial charge on any atom is 0.256 e. The third kappa shape index (κ3) is 3.23. The fourth-order valence-corrected chi connectivity index (χ4v) is 3.39. The number of aryl methyl sites for hydroxylation is 1. The van der Waals surface area contributed by atoms with Crippen LogP contribution in [0.3, 0.4) is 0 Å². The van der Waals surface area contributed by atoms with Gasteiger partial charge in [-0.2, -0.15) is 0 Å². The Morgan fingerprint density at radius 3 is 2.77 bits per heavy atom. The highest BCUT2D eigenvalue weighted by Crippen LogP contribution is 2.28. The van der Waals surface area contributed by atoms with E-state index in [9.17, 15) is 9.18 Å². The predicted molar refractivity (Wildman–Crippen MR) is 95.1 cm³/mol. The molecule has 0 saturated carbocycles. The Bertz CT molecular complexity index is 805. The van der Waals surface area contributed by atoms with E-state index in [1.54, 1.807) is 25.1 Å². The van der Waals surface area contributed by atoms with E-state index in [0.29, 0.717) is 6.54 Å². The van der Waals surface area contributed by atoms with Gasteiger partial charge in [0.1, 0.15) is 17.5 Å². The number of hydrogen-bond acceptors (Lipinski definition) is 4. The summed E-state index contributed by atoms with van der Waals surface area (Å²) in [5.74, 6) is 1.32. The summed E-state index contributed by atoms with van der Waals surface area (Å²) in [5, 5.41) is 11.5. The minimum Gasteiger partial charge on any atom is -0.364 e. The quantitative estimate of drug-likeness (QED) is 0.890. The van der Waals surface area contributed by atoms with Gasteiger partial charge in [-0.3, -0.25) is 4.79 Å². The number of halogens is 1. The first kappa shape index (κ1) is 18.5. The van der Waals surface area contributed by atoms with Crippen LogP contribution in [0, 0.1) is 5.82 Å². The summed E-state index contributed by atoms with van der Waals surface area (Å²) >= 11 is 0. The van der Waals surface area contributed by atoms with E-state index >= 15 is 0 Å². The third-order valence-electron chi connectivity index (χ3n) is 5.06. The molecule has 26 heavy (non-hydrogen) atoms. The van der Waals surface area contributed by atoms with E-state index in [2.05, 4.69) is 33.9 Å². The first-order valence-electron chi connectivity index (χ1n) is 8.90. The molecule has 0 bridgehead atoms. The third-order valence-corrected chi connectivity index (χ3v) is 5.06. The van der Waals surface area contributed by atoms with Crippen molar-refractivity contribution in [2.24, 2.45) is 0 Å². The molecule has 2 heterocycles. The molecule has 7 heteroatoms. The van der Waals surface area contributed by atoms with Gasteiger partial charge in [0, 0.05) is 37.6 Å². The number of fused-ring (bicyclic) bond motifs is 1. The number of amides is 1. The van der Waals surface area contributed by atoms with E-state index in [0.717, 1.165) is 24.5 Å². The Kier molecular flexibility index (Phi) is 5.09. The van der Waals surface area contributed by atoms with E-state index in [4.69, 9.17) is 4.74 Å². The van der Waals surface area contributed by atoms with Crippen molar-refractivity contribution >= 4 is 5.91 Å². The maximum absolute atomic E-state index is 14.2. The SMILES string of the molecule is COC(C)(C(=O)NC1CCc2nnc(C(C)C)n2C1)c1ccccc1F. The maximum atomic E-state index is 14.2. The number of hydrogen-bond donors (Lipinski definition) is 1. The molecule has 0 fully saturated rings. The summed E-state index contributed by atoms with van der Waals surface area (Å²) in [4.78, 5) is 12.9. The number of rotatable bonds is 5. The highest BCUT2D eigenvalue weighted by molar-refractivity contribution is 5.86. The van der Waals surface area contributed by atoms with Crippen molar-refractivity contribution in [2.45, 2.75) is 57.7 Å². The van der Waals surface area contributed by atoms with Gasteiger partial charge in [-0.15, -0.1) is 10.2 Å². The molecule has 1 N–H and O–H groups in total. The standard InChI is InChI=1S/C19H25FN4O2/c1-12(2)17-23-22-16-10-9-13(11-24(16)17)21-18(25)19(3,26-4)14-7-5-6-8-15(14)20/h5-8,12-13H,9-11H2,1-4H3,(H,21,25). The van der Waals surface area contributed by atoms with Gasteiger partial charge in [-0.1, -0.05) is 32.0 Å². The molecule has 0 spiro atoms. The Morgan fingerprint density at radius 2 is 2.12 bits per heavy atom. The smallest absolute Gasteiger partial charge is 0.256 e. The molecule has 1 amide bonds. The molecule has 0 aliphatic carbocycles. The molecule has 140 valence electrons. The highest BCUT2D eigenvalue weighted by atomic mass is 19.1. The fourth-order valence-electron chi connectivity index (χ4n) is 3.39. The molecular weight excluding hydrogens is 335 g/mol. The lowest BCUT2D eigenvalue weighted by atomic mass is 9.93. The van der Waals surface area contributed by atoms with Crippen molar-refractivity contribution in [3.05, 3.63) is 47.3 Å². The van der Waals surface area contributed by atoms with Gasteiger partial charge in [-0.05, 0) is 19.4 Å². The molecule has 1 aromatic carbocycles. The summed E-state index contributed by atoms with van der Waals surface area (Å²) in [6.07, 6.45) is 1.51. The van der Waals surface area contributed by atoms with Crippen molar-refractivity contribution in [3.63, 3.8) is 0 Å². The van der Waals surface area contributed by atoms with Gasteiger partial charge in [-0.25, -0.2) is 4.39 Å². The first-order chi connectivity index (χ1) is 12.4. The molecule has 1 aliphatic heterocycles. The number of carbonyl (C=O) groups excluding carboxylic acids is 1. The predicted octanol–water partition coefficient (Wildman–Crippen LogP) is 2.53. The van der Waals surface area contributed by atoms with E-state index in [1.165, 1.54) is 13.2 Å². The molecule has 2 unspecified atom stereocenters. The number of carbonyl (C=O) groups is 1. The second kappa shape index (κ2) is 7.15. The minimum absolute atomic E-state index is 0.0789. The van der Waals surface area contributed by atoms with Gasteiger partial charge in [0.05, 0.1) is 0 Å². The Labute approximate surface area is 152 Å².